The number of hydrogen-bond acceptors (Lipinski definition) is 3. The number of amidine groups is 1. The molecule has 0 bridgehead atoms. The van der Waals surface area contributed by atoms with Crippen LogP contribution in [0, 0.1) is 5.92 Å². The van der Waals surface area contributed by atoms with Gasteiger partial charge >= 0.3 is 0 Å². The molecule has 2 nitrogen and oxygen atoms in total. The van der Waals surface area contributed by atoms with Crippen molar-refractivity contribution in [1.82, 2.24) is 0 Å². The Balaban J connectivity index is 1.24. The minimum Gasteiger partial charge on any atom is -0.258 e. The van der Waals surface area contributed by atoms with Gasteiger partial charge in [0.15, 0.2) is 5.84 Å². The fourth-order valence-electron chi connectivity index (χ4n) is 6.58. The van der Waals surface area contributed by atoms with Gasteiger partial charge in [-0.1, -0.05) is 134 Å². The summed E-state index contributed by atoms with van der Waals surface area (Å²) in [4.78, 5) is 10.8. The van der Waals surface area contributed by atoms with Crippen molar-refractivity contribution >= 4 is 53.8 Å². The molecule has 1 aliphatic heterocycles. The molecule has 6 aromatic carbocycles. The Bertz CT molecular complexity index is 2180. The molecule has 3 heteroatoms. The lowest BCUT2D eigenvalue weighted by Crippen LogP contribution is -2.18. The lowest BCUT2D eigenvalue weighted by atomic mass is 9.87. The molecule has 44 heavy (non-hydrogen) atoms. The summed E-state index contributed by atoms with van der Waals surface area (Å²) in [6.45, 7) is 2.34. The van der Waals surface area contributed by atoms with Crippen LogP contribution in [0.15, 0.2) is 150 Å². The molecule has 1 aromatic heterocycles. The third-order valence-electron chi connectivity index (χ3n) is 8.97. The Kier molecular flexibility index (Phi) is 6.89. The maximum atomic E-state index is 5.48. The van der Waals surface area contributed by atoms with Gasteiger partial charge in [0.05, 0.1) is 11.8 Å². The molecule has 0 radical (unpaired) electrons. The summed E-state index contributed by atoms with van der Waals surface area (Å²) >= 11 is 1.84. The van der Waals surface area contributed by atoms with Crippen LogP contribution in [0.2, 0.25) is 0 Å². The molecule has 0 spiro atoms. The van der Waals surface area contributed by atoms with Crippen molar-refractivity contribution < 1.29 is 0 Å². The van der Waals surface area contributed by atoms with Crippen molar-refractivity contribution in [2.24, 2.45) is 15.9 Å². The summed E-state index contributed by atoms with van der Waals surface area (Å²) in [6, 6.07) is 50.3. The first-order valence-corrected chi connectivity index (χ1v) is 16.2. The van der Waals surface area contributed by atoms with Crippen LogP contribution >= 0.6 is 11.3 Å². The predicted molar refractivity (Wildman–Crippen MR) is 189 cm³/mol. The van der Waals surface area contributed by atoms with E-state index < -0.39 is 0 Å². The molecule has 0 fully saturated rings. The molecule has 2 atom stereocenters. The first-order chi connectivity index (χ1) is 21.7. The van der Waals surface area contributed by atoms with E-state index in [2.05, 4.69) is 146 Å². The van der Waals surface area contributed by atoms with Crippen LogP contribution in [0.5, 0.6) is 0 Å². The van der Waals surface area contributed by atoms with E-state index in [1.165, 1.54) is 53.2 Å². The monoisotopic (exact) mass is 584 g/mol. The van der Waals surface area contributed by atoms with E-state index in [1.54, 1.807) is 0 Å². The van der Waals surface area contributed by atoms with Crippen molar-refractivity contribution in [1.29, 1.82) is 0 Å². The molecule has 0 saturated heterocycles. The third-order valence-corrected chi connectivity index (χ3v) is 10.1. The Morgan fingerprint density at radius 2 is 1.30 bits per heavy atom. The van der Waals surface area contributed by atoms with Gasteiger partial charge in [-0.2, -0.15) is 0 Å². The highest BCUT2D eigenvalue weighted by Crippen LogP contribution is 2.37. The molecule has 2 heterocycles. The van der Waals surface area contributed by atoms with E-state index in [9.17, 15) is 0 Å². The van der Waals surface area contributed by atoms with E-state index in [1.807, 2.05) is 11.3 Å². The van der Waals surface area contributed by atoms with Gasteiger partial charge < -0.3 is 0 Å². The van der Waals surface area contributed by atoms with Crippen molar-refractivity contribution in [2.45, 2.75) is 25.8 Å². The summed E-state index contributed by atoms with van der Waals surface area (Å²) in [5.41, 5.74) is 7.08. The lowest BCUT2D eigenvalue weighted by molar-refractivity contribution is 0.446. The number of thiophene rings is 1. The number of benzene rings is 6. The van der Waals surface area contributed by atoms with Crippen LogP contribution in [0.1, 0.15) is 42.5 Å². The fraction of sp³-hybridized carbons (Fsp3) is 0.122. The average molecular weight is 585 g/mol. The van der Waals surface area contributed by atoms with Gasteiger partial charge in [0, 0.05) is 25.7 Å². The van der Waals surface area contributed by atoms with E-state index in [0.717, 1.165) is 30.0 Å². The fourth-order valence-corrected chi connectivity index (χ4v) is 7.72. The maximum Gasteiger partial charge on any atom is 0.155 e. The van der Waals surface area contributed by atoms with Gasteiger partial charge in [0.25, 0.3) is 0 Å². The summed E-state index contributed by atoms with van der Waals surface area (Å²) in [5, 5.41) is 5.15. The van der Waals surface area contributed by atoms with Gasteiger partial charge in [-0.05, 0) is 63.9 Å². The second-order valence-electron chi connectivity index (χ2n) is 11.8. The zero-order valence-electron chi connectivity index (χ0n) is 24.7. The van der Waals surface area contributed by atoms with E-state index in [-0.39, 0.29) is 6.04 Å². The summed E-state index contributed by atoms with van der Waals surface area (Å²) in [5.74, 6) is 1.17. The largest absolute Gasteiger partial charge is 0.258 e. The molecule has 2 unspecified atom stereocenters. The molecule has 0 aliphatic carbocycles. The predicted octanol–water partition coefficient (Wildman–Crippen LogP) is 11.3. The smallest absolute Gasteiger partial charge is 0.155 e. The second-order valence-corrected chi connectivity index (χ2v) is 12.9. The Labute approximate surface area is 262 Å². The zero-order valence-corrected chi connectivity index (χ0v) is 25.5. The number of aliphatic imine (C=N–C) groups is 2. The zero-order chi connectivity index (χ0) is 29.5. The standard InChI is InChI=1S/C41H32N2S/c1-27-18-25-37(30-11-3-2-4-12-30)42-41(32-23-24-36-35-15-7-8-17-38(35)44-39(36)26-32)43-40(27)31-21-19-29(20-22-31)34-16-9-13-28-10-5-6-14-33(28)34/h2-17,19-24,26-27,40H,18,25H2,1H3. The Hall–Kier alpha value is -4.86. The number of rotatable bonds is 4. The minimum absolute atomic E-state index is 0.0192. The van der Waals surface area contributed by atoms with Crippen LogP contribution in [0.3, 0.4) is 0 Å². The molecule has 212 valence electrons. The molecule has 0 saturated carbocycles. The van der Waals surface area contributed by atoms with Crippen LogP contribution in [0.4, 0.5) is 0 Å². The molecular weight excluding hydrogens is 553 g/mol. The molecule has 8 rings (SSSR count). The van der Waals surface area contributed by atoms with E-state index >= 15 is 0 Å². The summed E-state index contributed by atoms with van der Waals surface area (Å²) < 4.78 is 2.58. The molecule has 7 aromatic rings. The Morgan fingerprint density at radius 3 is 2.16 bits per heavy atom. The number of nitrogens with zero attached hydrogens (tertiary/aromatic N) is 2. The molecule has 1 aliphatic rings. The maximum absolute atomic E-state index is 5.48. The highest BCUT2D eigenvalue weighted by molar-refractivity contribution is 7.25. The van der Waals surface area contributed by atoms with Crippen molar-refractivity contribution in [2.75, 3.05) is 0 Å². The van der Waals surface area contributed by atoms with Crippen molar-refractivity contribution in [3.05, 3.63) is 156 Å². The number of hydrogen-bond donors (Lipinski definition) is 0. The van der Waals surface area contributed by atoms with Gasteiger partial charge in [-0.15, -0.1) is 11.3 Å². The molecule has 0 N–H and O–H groups in total. The highest BCUT2D eigenvalue weighted by atomic mass is 32.1. The van der Waals surface area contributed by atoms with Crippen LogP contribution < -0.4 is 0 Å². The normalized spacial score (nSPS) is 17.3. The SMILES string of the molecule is CC1CCC(c2ccccc2)=NC(c2ccc3c(c2)sc2ccccc23)=NC1c1ccc(-c2cccc3ccccc23)cc1. The Morgan fingerprint density at radius 1 is 0.591 bits per heavy atom. The van der Waals surface area contributed by atoms with Gasteiger partial charge in [0.1, 0.15) is 0 Å². The number of fused-ring (bicyclic) bond motifs is 4. The van der Waals surface area contributed by atoms with Crippen molar-refractivity contribution in [3.63, 3.8) is 0 Å². The van der Waals surface area contributed by atoms with Crippen molar-refractivity contribution in [3.8, 4) is 11.1 Å². The summed E-state index contributed by atoms with van der Waals surface area (Å²) in [7, 11) is 0. The van der Waals surface area contributed by atoms with Gasteiger partial charge in [-0.3, -0.25) is 4.99 Å². The van der Waals surface area contributed by atoms with Crippen LogP contribution in [0.25, 0.3) is 42.1 Å². The topological polar surface area (TPSA) is 24.7 Å². The quantitative estimate of drug-likeness (QED) is 0.197. The van der Waals surface area contributed by atoms with E-state index in [4.69, 9.17) is 9.98 Å². The average Bonchev–Trinajstić information content (AvgIpc) is 3.45. The van der Waals surface area contributed by atoms with Gasteiger partial charge in [-0.25, -0.2) is 4.99 Å². The summed E-state index contributed by atoms with van der Waals surface area (Å²) in [6.07, 6.45) is 1.94. The highest BCUT2D eigenvalue weighted by Gasteiger charge is 2.24. The molecular formula is C41H32N2S. The minimum atomic E-state index is 0.0192. The van der Waals surface area contributed by atoms with E-state index in [0.29, 0.717) is 5.92 Å². The van der Waals surface area contributed by atoms with Gasteiger partial charge in [0.2, 0.25) is 0 Å². The first kappa shape index (κ1) is 26.7. The third kappa shape index (κ3) is 4.94. The molecule has 0 amide bonds. The lowest BCUT2D eigenvalue weighted by Gasteiger charge is -2.25. The first-order valence-electron chi connectivity index (χ1n) is 15.4. The van der Waals surface area contributed by atoms with Crippen LogP contribution in [-0.4, -0.2) is 11.5 Å². The second kappa shape index (κ2) is 11.3. The van der Waals surface area contributed by atoms with Crippen LogP contribution in [-0.2, 0) is 0 Å².